The van der Waals surface area contributed by atoms with Crippen molar-refractivity contribution in [2.75, 3.05) is 31.1 Å². The highest BCUT2D eigenvalue weighted by atomic mass is 32.2. The van der Waals surface area contributed by atoms with Gasteiger partial charge in [-0.1, -0.05) is 0 Å². The summed E-state index contributed by atoms with van der Waals surface area (Å²) in [7, 11) is -3.71. The lowest BCUT2D eigenvalue weighted by molar-refractivity contribution is -0.120. The molecule has 0 unspecified atom stereocenters. The minimum absolute atomic E-state index is 0.0523. The summed E-state index contributed by atoms with van der Waals surface area (Å²) < 4.78 is 26.7. The Morgan fingerprint density at radius 2 is 2.04 bits per heavy atom. The molecule has 1 saturated heterocycles. The topological polar surface area (TPSA) is 86.8 Å². The fourth-order valence-corrected chi connectivity index (χ4v) is 4.48. The Morgan fingerprint density at radius 1 is 1.26 bits per heavy atom. The number of hydrogen-bond acceptors (Lipinski definition) is 4. The third-order valence-electron chi connectivity index (χ3n) is 4.19. The van der Waals surface area contributed by atoms with Gasteiger partial charge in [0, 0.05) is 32.2 Å². The van der Waals surface area contributed by atoms with Crippen LogP contribution in [0.1, 0.15) is 18.9 Å². The second-order valence-electron chi connectivity index (χ2n) is 5.75. The number of hydrogen-bond donors (Lipinski definition) is 1. The number of amides is 2. The normalized spacial score (nSPS) is 19.2. The Morgan fingerprint density at radius 3 is 2.78 bits per heavy atom. The van der Waals surface area contributed by atoms with E-state index in [1.165, 1.54) is 17.3 Å². The van der Waals surface area contributed by atoms with E-state index in [9.17, 15) is 18.0 Å². The quantitative estimate of drug-likeness (QED) is 0.830. The fraction of sp³-hybridized carbons (Fsp3) is 0.467. The van der Waals surface area contributed by atoms with Crippen LogP contribution in [0.5, 0.6) is 0 Å². The first-order valence-corrected chi connectivity index (χ1v) is 9.01. The predicted molar refractivity (Wildman–Crippen MR) is 84.6 cm³/mol. The number of nitrogens with zero attached hydrogens (tertiary/aromatic N) is 2. The lowest BCUT2D eigenvalue weighted by atomic mass is 10.2. The molecule has 2 aliphatic heterocycles. The van der Waals surface area contributed by atoms with Gasteiger partial charge in [-0.25, -0.2) is 8.42 Å². The Labute approximate surface area is 135 Å². The third-order valence-corrected chi connectivity index (χ3v) is 6.03. The first-order valence-electron chi connectivity index (χ1n) is 7.57. The molecule has 0 atom stereocenters. The van der Waals surface area contributed by atoms with E-state index < -0.39 is 10.0 Å². The Balaban J connectivity index is 1.92. The van der Waals surface area contributed by atoms with Crippen molar-refractivity contribution in [2.24, 2.45) is 0 Å². The number of carbonyl (C=O) groups excluding carboxylic acids is 2. The van der Waals surface area contributed by atoms with Gasteiger partial charge >= 0.3 is 0 Å². The molecule has 0 radical (unpaired) electrons. The van der Waals surface area contributed by atoms with E-state index in [1.54, 1.807) is 17.0 Å². The van der Waals surface area contributed by atoms with E-state index in [0.29, 0.717) is 32.5 Å². The maximum absolute atomic E-state index is 12.8. The molecule has 0 aliphatic carbocycles. The van der Waals surface area contributed by atoms with Crippen LogP contribution in [0.3, 0.4) is 0 Å². The van der Waals surface area contributed by atoms with Crippen molar-refractivity contribution in [1.82, 2.24) is 9.62 Å². The van der Waals surface area contributed by atoms with Gasteiger partial charge in [-0.15, -0.1) is 0 Å². The Kier molecular flexibility index (Phi) is 4.11. The zero-order valence-corrected chi connectivity index (χ0v) is 13.7. The maximum Gasteiger partial charge on any atom is 0.243 e. The van der Waals surface area contributed by atoms with E-state index in [-0.39, 0.29) is 23.3 Å². The molecule has 124 valence electrons. The van der Waals surface area contributed by atoms with E-state index in [4.69, 9.17) is 0 Å². The van der Waals surface area contributed by atoms with Gasteiger partial charge in [0.2, 0.25) is 21.8 Å². The molecule has 0 spiro atoms. The van der Waals surface area contributed by atoms with Gasteiger partial charge in [-0.3, -0.25) is 9.59 Å². The highest BCUT2D eigenvalue weighted by Gasteiger charge is 2.30. The maximum atomic E-state index is 12.8. The van der Waals surface area contributed by atoms with Crippen molar-refractivity contribution in [3.8, 4) is 0 Å². The lowest BCUT2D eigenvalue weighted by Crippen LogP contribution is -2.37. The average molecular weight is 337 g/mol. The summed E-state index contributed by atoms with van der Waals surface area (Å²) in [5.41, 5.74) is 1.62. The van der Waals surface area contributed by atoms with Crippen LogP contribution < -0.4 is 10.2 Å². The van der Waals surface area contributed by atoms with Crippen molar-refractivity contribution < 1.29 is 18.0 Å². The lowest BCUT2D eigenvalue weighted by Gasteiger charge is -2.20. The number of carbonyl (C=O) groups is 2. The van der Waals surface area contributed by atoms with E-state index >= 15 is 0 Å². The number of sulfonamides is 1. The molecule has 1 fully saturated rings. The van der Waals surface area contributed by atoms with Crippen molar-refractivity contribution in [3.63, 3.8) is 0 Å². The summed E-state index contributed by atoms with van der Waals surface area (Å²) in [6, 6.07) is 4.81. The predicted octanol–water partition coefficient (Wildman–Crippen LogP) is 0.106. The van der Waals surface area contributed by atoms with E-state index in [2.05, 4.69) is 5.32 Å². The Hall–Kier alpha value is -1.93. The van der Waals surface area contributed by atoms with Gasteiger partial charge in [0.15, 0.2) is 0 Å². The van der Waals surface area contributed by atoms with Crippen LogP contribution >= 0.6 is 0 Å². The summed E-state index contributed by atoms with van der Waals surface area (Å²) in [5, 5.41) is 2.67. The van der Waals surface area contributed by atoms with Gasteiger partial charge in [0.1, 0.15) is 0 Å². The molecule has 2 amide bonds. The minimum Gasteiger partial charge on any atom is -0.355 e. The van der Waals surface area contributed by atoms with Crippen molar-refractivity contribution in [1.29, 1.82) is 0 Å². The highest BCUT2D eigenvalue weighted by molar-refractivity contribution is 7.89. The van der Waals surface area contributed by atoms with Crippen LogP contribution in [0, 0.1) is 0 Å². The molecule has 23 heavy (non-hydrogen) atoms. The largest absolute Gasteiger partial charge is 0.355 e. The molecule has 2 aliphatic rings. The standard InChI is InChI=1S/C15H19N3O4S/c1-11(19)18-8-5-12-9-13(3-4-14(12)18)23(21,22)17-7-2-6-16-15(20)10-17/h3-4,9H,2,5-8,10H2,1H3,(H,16,20). The summed E-state index contributed by atoms with van der Waals surface area (Å²) in [6.45, 7) is 2.72. The van der Waals surface area contributed by atoms with Crippen LogP contribution in [0.4, 0.5) is 5.69 Å². The van der Waals surface area contributed by atoms with Crippen LogP contribution in [0.2, 0.25) is 0 Å². The Bertz CT molecular complexity index is 760. The number of anilines is 1. The van der Waals surface area contributed by atoms with E-state index in [1.807, 2.05) is 0 Å². The first kappa shape index (κ1) is 15.9. The average Bonchev–Trinajstić information content (AvgIpc) is 2.80. The summed E-state index contributed by atoms with van der Waals surface area (Å²) in [4.78, 5) is 25.0. The highest BCUT2D eigenvalue weighted by Crippen LogP contribution is 2.31. The summed E-state index contributed by atoms with van der Waals surface area (Å²) in [6.07, 6.45) is 1.23. The third kappa shape index (κ3) is 2.96. The van der Waals surface area contributed by atoms with Gasteiger partial charge in [0.25, 0.3) is 0 Å². The van der Waals surface area contributed by atoms with Crippen LogP contribution in [-0.2, 0) is 26.0 Å². The zero-order chi connectivity index (χ0) is 16.6. The molecule has 1 aromatic carbocycles. The van der Waals surface area contributed by atoms with Crippen molar-refractivity contribution >= 4 is 27.5 Å². The fourth-order valence-electron chi connectivity index (χ4n) is 3.00. The molecule has 1 aromatic rings. The van der Waals surface area contributed by atoms with Gasteiger partial charge in [-0.2, -0.15) is 4.31 Å². The van der Waals surface area contributed by atoms with Gasteiger partial charge in [0.05, 0.1) is 11.4 Å². The molecule has 7 nitrogen and oxygen atoms in total. The van der Waals surface area contributed by atoms with Crippen molar-refractivity contribution in [2.45, 2.75) is 24.7 Å². The number of nitrogens with one attached hydrogen (secondary N) is 1. The molecule has 0 saturated carbocycles. The molecule has 0 bridgehead atoms. The van der Waals surface area contributed by atoms with Crippen molar-refractivity contribution in [3.05, 3.63) is 23.8 Å². The van der Waals surface area contributed by atoms with Crippen LogP contribution in [0.15, 0.2) is 23.1 Å². The SMILES string of the molecule is CC(=O)N1CCc2cc(S(=O)(=O)N3CCCNC(=O)C3)ccc21. The number of benzene rings is 1. The van der Waals surface area contributed by atoms with Crippen LogP contribution in [0.25, 0.3) is 0 Å². The smallest absolute Gasteiger partial charge is 0.243 e. The van der Waals surface area contributed by atoms with E-state index in [0.717, 1.165) is 11.3 Å². The van der Waals surface area contributed by atoms with Gasteiger partial charge in [-0.05, 0) is 36.6 Å². The molecular weight excluding hydrogens is 318 g/mol. The molecule has 2 heterocycles. The molecular formula is C15H19N3O4S. The number of rotatable bonds is 2. The zero-order valence-electron chi connectivity index (χ0n) is 12.9. The second-order valence-corrected chi connectivity index (χ2v) is 7.69. The molecule has 1 N–H and O–H groups in total. The molecule has 8 heteroatoms. The first-order chi connectivity index (χ1) is 10.9. The second kappa shape index (κ2) is 5.93. The van der Waals surface area contributed by atoms with Gasteiger partial charge < -0.3 is 10.2 Å². The minimum atomic E-state index is -3.71. The monoisotopic (exact) mass is 337 g/mol. The molecule has 0 aromatic heterocycles. The van der Waals surface area contributed by atoms with Crippen LogP contribution in [-0.4, -0.2) is 50.7 Å². The number of fused-ring (bicyclic) bond motifs is 1. The molecule has 3 rings (SSSR count). The summed E-state index contributed by atoms with van der Waals surface area (Å²) >= 11 is 0. The summed E-state index contributed by atoms with van der Waals surface area (Å²) in [5.74, 6) is -0.335.